The zero-order valence-electron chi connectivity index (χ0n) is 11.2. The van der Waals surface area contributed by atoms with Crippen molar-refractivity contribution in [2.45, 2.75) is 19.9 Å². The fourth-order valence-electron chi connectivity index (χ4n) is 2.10. The first-order valence-electron chi connectivity index (χ1n) is 6.43. The lowest BCUT2D eigenvalue weighted by molar-refractivity contribution is -0.124. The van der Waals surface area contributed by atoms with Gasteiger partial charge in [-0.15, -0.1) is 0 Å². The SMILES string of the molecule is CC(C)CNC(=O)CN1C(=O)C(N)c2ccccc21. The number of hydrogen-bond acceptors (Lipinski definition) is 3. The summed E-state index contributed by atoms with van der Waals surface area (Å²) in [7, 11) is 0. The maximum absolute atomic E-state index is 12.1. The van der Waals surface area contributed by atoms with Crippen molar-refractivity contribution in [3.8, 4) is 0 Å². The zero-order chi connectivity index (χ0) is 14.0. The Hall–Kier alpha value is -1.88. The second kappa shape index (κ2) is 5.40. The van der Waals surface area contributed by atoms with Crippen LogP contribution < -0.4 is 16.0 Å². The van der Waals surface area contributed by atoms with Gasteiger partial charge in [0.05, 0.1) is 0 Å². The Labute approximate surface area is 112 Å². The molecule has 1 aromatic rings. The van der Waals surface area contributed by atoms with E-state index in [-0.39, 0.29) is 18.4 Å². The van der Waals surface area contributed by atoms with Crippen molar-refractivity contribution in [3.63, 3.8) is 0 Å². The normalized spacial score (nSPS) is 17.8. The highest BCUT2D eigenvalue weighted by Gasteiger charge is 2.35. The first-order chi connectivity index (χ1) is 9.00. The second-order valence-electron chi connectivity index (χ2n) is 5.16. The zero-order valence-corrected chi connectivity index (χ0v) is 11.2. The summed E-state index contributed by atoms with van der Waals surface area (Å²) in [5.74, 6) is -0.000349. The fourth-order valence-corrected chi connectivity index (χ4v) is 2.10. The minimum Gasteiger partial charge on any atom is -0.354 e. The summed E-state index contributed by atoms with van der Waals surface area (Å²) in [6.07, 6.45) is 0. The van der Waals surface area contributed by atoms with Gasteiger partial charge in [-0.1, -0.05) is 32.0 Å². The van der Waals surface area contributed by atoms with Crippen LogP contribution >= 0.6 is 0 Å². The maximum Gasteiger partial charge on any atom is 0.249 e. The van der Waals surface area contributed by atoms with Crippen molar-refractivity contribution in [1.29, 1.82) is 0 Å². The van der Waals surface area contributed by atoms with Crippen LogP contribution in [0.15, 0.2) is 24.3 Å². The van der Waals surface area contributed by atoms with Crippen molar-refractivity contribution in [2.75, 3.05) is 18.0 Å². The smallest absolute Gasteiger partial charge is 0.249 e. The molecule has 0 fully saturated rings. The first-order valence-corrected chi connectivity index (χ1v) is 6.43. The van der Waals surface area contributed by atoms with E-state index in [0.717, 1.165) is 11.3 Å². The minimum atomic E-state index is -0.658. The number of carbonyl (C=O) groups excluding carboxylic acids is 2. The van der Waals surface area contributed by atoms with E-state index in [0.29, 0.717) is 12.5 Å². The van der Waals surface area contributed by atoms with Crippen molar-refractivity contribution in [1.82, 2.24) is 5.32 Å². The summed E-state index contributed by atoms with van der Waals surface area (Å²) in [6, 6.07) is 6.66. The number of fused-ring (bicyclic) bond motifs is 1. The maximum atomic E-state index is 12.1. The Morgan fingerprint density at radius 2 is 2.11 bits per heavy atom. The predicted molar refractivity (Wildman–Crippen MR) is 73.6 cm³/mol. The summed E-state index contributed by atoms with van der Waals surface area (Å²) in [5.41, 5.74) is 7.37. The van der Waals surface area contributed by atoms with Crippen molar-refractivity contribution in [2.24, 2.45) is 11.7 Å². The van der Waals surface area contributed by atoms with Gasteiger partial charge in [-0.2, -0.15) is 0 Å². The summed E-state index contributed by atoms with van der Waals surface area (Å²) < 4.78 is 0. The van der Waals surface area contributed by atoms with E-state index in [1.165, 1.54) is 4.90 Å². The topological polar surface area (TPSA) is 75.4 Å². The molecule has 0 spiro atoms. The van der Waals surface area contributed by atoms with Gasteiger partial charge in [0.15, 0.2) is 0 Å². The number of nitrogens with zero attached hydrogens (tertiary/aromatic N) is 1. The largest absolute Gasteiger partial charge is 0.354 e. The molecule has 102 valence electrons. The van der Waals surface area contributed by atoms with Gasteiger partial charge in [-0.3, -0.25) is 9.59 Å². The van der Waals surface area contributed by atoms with Crippen molar-refractivity contribution < 1.29 is 9.59 Å². The predicted octanol–water partition coefficient (Wildman–Crippen LogP) is 0.805. The summed E-state index contributed by atoms with van der Waals surface area (Å²) in [4.78, 5) is 25.3. The van der Waals surface area contributed by atoms with Gasteiger partial charge in [-0.05, 0) is 12.0 Å². The van der Waals surface area contributed by atoms with Crippen LogP contribution in [0.25, 0.3) is 0 Å². The van der Waals surface area contributed by atoms with Gasteiger partial charge in [-0.25, -0.2) is 0 Å². The molecule has 0 radical (unpaired) electrons. The lowest BCUT2D eigenvalue weighted by atomic mass is 10.1. The highest BCUT2D eigenvalue weighted by atomic mass is 16.2. The molecule has 1 aliphatic heterocycles. The Kier molecular flexibility index (Phi) is 3.85. The molecule has 2 amide bonds. The summed E-state index contributed by atoms with van der Waals surface area (Å²) in [6.45, 7) is 4.67. The number of benzene rings is 1. The van der Waals surface area contributed by atoms with E-state index in [1.807, 2.05) is 38.1 Å². The third kappa shape index (κ3) is 2.76. The molecule has 0 saturated heterocycles. The Bertz CT molecular complexity index is 499. The number of anilines is 1. The number of nitrogens with two attached hydrogens (primary N) is 1. The standard InChI is InChI=1S/C14H19N3O2/c1-9(2)7-16-12(18)8-17-11-6-4-3-5-10(11)13(15)14(17)19/h3-6,9,13H,7-8,15H2,1-2H3,(H,16,18). The molecule has 1 atom stereocenters. The number of amides is 2. The third-order valence-corrected chi connectivity index (χ3v) is 3.10. The quantitative estimate of drug-likeness (QED) is 0.842. The molecule has 19 heavy (non-hydrogen) atoms. The van der Waals surface area contributed by atoms with Gasteiger partial charge in [0, 0.05) is 17.8 Å². The third-order valence-electron chi connectivity index (χ3n) is 3.10. The van der Waals surface area contributed by atoms with E-state index in [2.05, 4.69) is 5.32 Å². The minimum absolute atomic E-state index is 0.0241. The van der Waals surface area contributed by atoms with Gasteiger partial charge in [0.2, 0.25) is 11.8 Å². The van der Waals surface area contributed by atoms with E-state index >= 15 is 0 Å². The highest BCUT2D eigenvalue weighted by molar-refractivity contribution is 6.07. The van der Waals surface area contributed by atoms with Gasteiger partial charge < -0.3 is 16.0 Å². The lowest BCUT2D eigenvalue weighted by Gasteiger charge is -2.17. The first kappa shape index (κ1) is 13.5. The Morgan fingerprint density at radius 1 is 1.42 bits per heavy atom. The van der Waals surface area contributed by atoms with Gasteiger partial charge >= 0.3 is 0 Å². The molecule has 1 unspecified atom stereocenters. The van der Waals surface area contributed by atoms with Crippen LogP contribution in [0, 0.1) is 5.92 Å². The van der Waals surface area contributed by atoms with E-state index in [4.69, 9.17) is 5.73 Å². The molecule has 5 heteroatoms. The molecule has 3 N–H and O–H groups in total. The average molecular weight is 261 g/mol. The van der Waals surface area contributed by atoms with Crippen LogP contribution in [0.4, 0.5) is 5.69 Å². The number of rotatable bonds is 4. The van der Waals surface area contributed by atoms with Crippen LogP contribution in [0.5, 0.6) is 0 Å². The number of nitrogens with one attached hydrogen (secondary N) is 1. The van der Waals surface area contributed by atoms with Crippen LogP contribution in [0.3, 0.4) is 0 Å². The van der Waals surface area contributed by atoms with Crippen LogP contribution in [0.2, 0.25) is 0 Å². The molecule has 5 nitrogen and oxygen atoms in total. The van der Waals surface area contributed by atoms with Gasteiger partial charge in [0.1, 0.15) is 12.6 Å². The van der Waals surface area contributed by atoms with Crippen LogP contribution in [-0.4, -0.2) is 24.9 Å². The molecule has 2 rings (SSSR count). The molecule has 0 aromatic heterocycles. The molecule has 0 aliphatic carbocycles. The second-order valence-corrected chi connectivity index (χ2v) is 5.16. The van der Waals surface area contributed by atoms with Crippen LogP contribution in [-0.2, 0) is 9.59 Å². The summed E-state index contributed by atoms with van der Waals surface area (Å²) in [5, 5.41) is 2.80. The molecular formula is C14H19N3O2. The summed E-state index contributed by atoms with van der Waals surface area (Å²) >= 11 is 0. The molecule has 0 saturated carbocycles. The monoisotopic (exact) mass is 261 g/mol. The van der Waals surface area contributed by atoms with E-state index in [1.54, 1.807) is 0 Å². The molecular weight excluding hydrogens is 242 g/mol. The fraction of sp³-hybridized carbons (Fsp3) is 0.429. The number of para-hydroxylation sites is 1. The van der Waals surface area contributed by atoms with Crippen molar-refractivity contribution >= 4 is 17.5 Å². The van der Waals surface area contributed by atoms with Gasteiger partial charge in [0.25, 0.3) is 0 Å². The van der Waals surface area contributed by atoms with Crippen molar-refractivity contribution in [3.05, 3.63) is 29.8 Å². The average Bonchev–Trinajstić information content (AvgIpc) is 2.62. The molecule has 1 heterocycles. The highest BCUT2D eigenvalue weighted by Crippen LogP contribution is 2.33. The van der Waals surface area contributed by atoms with Crippen LogP contribution in [0.1, 0.15) is 25.5 Å². The van der Waals surface area contributed by atoms with E-state index < -0.39 is 6.04 Å². The molecule has 0 bridgehead atoms. The number of carbonyl (C=O) groups is 2. The Balaban J connectivity index is 2.09. The Morgan fingerprint density at radius 3 is 2.79 bits per heavy atom. The molecule has 1 aliphatic rings. The lowest BCUT2D eigenvalue weighted by Crippen LogP contribution is -2.41. The number of hydrogen-bond donors (Lipinski definition) is 2. The van der Waals surface area contributed by atoms with E-state index in [9.17, 15) is 9.59 Å². The molecule has 1 aromatic carbocycles.